The van der Waals surface area contributed by atoms with Gasteiger partial charge in [-0.1, -0.05) is 46.5 Å². The molecule has 0 bridgehead atoms. The fourth-order valence-electron chi connectivity index (χ4n) is 9.46. The first-order valence-electron chi connectivity index (χ1n) is 17.8. The average molecular weight is 594 g/mol. The minimum Gasteiger partial charge on any atom is -0.378 e. The summed E-state index contributed by atoms with van der Waals surface area (Å²) >= 11 is 0. The molecule has 42 heavy (non-hydrogen) atoms. The number of carbonyl (C=O) groups excluding carboxylic acids is 1. The summed E-state index contributed by atoms with van der Waals surface area (Å²) in [5.41, 5.74) is 17.7. The second-order valence-electron chi connectivity index (χ2n) is 14.2. The summed E-state index contributed by atoms with van der Waals surface area (Å²) < 4.78 is 20.0. The van der Waals surface area contributed by atoms with Crippen molar-refractivity contribution in [2.75, 3.05) is 39.5 Å². The Hall–Kier alpha value is -0.570. The molecule has 0 aromatic heterocycles. The number of fused-ring (bicyclic) bond motifs is 1. The number of nitrogens with two attached hydrogens (primary N) is 3. The molecule has 0 amide bonds. The molecule has 0 aromatic rings. The molecule has 3 aliphatic rings. The van der Waals surface area contributed by atoms with Crippen molar-refractivity contribution in [1.82, 2.24) is 0 Å². The van der Waals surface area contributed by atoms with E-state index in [-0.39, 0.29) is 17.6 Å². The largest absolute Gasteiger partial charge is 0.378 e. The second kappa shape index (κ2) is 19.1. The molecule has 0 spiro atoms. The minimum atomic E-state index is 0.113. The molecule has 10 atom stereocenters. The Labute approximate surface area is 258 Å². The van der Waals surface area contributed by atoms with Gasteiger partial charge >= 0.3 is 0 Å². The maximum absolute atomic E-state index is 11.1. The number of aldehydes is 1. The Bertz CT molecular complexity index is 741. The number of rotatable bonds is 21. The van der Waals surface area contributed by atoms with Crippen LogP contribution >= 0.6 is 0 Å². The predicted molar refractivity (Wildman–Crippen MR) is 172 cm³/mol. The van der Waals surface area contributed by atoms with E-state index in [0.717, 1.165) is 77.5 Å². The lowest BCUT2D eigenvalue weighted by molar-refractivity contribution is -0.170. The van der Waals surface area contributed by atoms with Crippen molar-refractivity contribution in [3.63, 3.8) is 0 Å². The van der Waals surface area contributed by atoms with Crippen LogP contribution in [0.25, 0.3) is 0 Å². The number of carbonyl (C=O) groups is 1. The van der Waals surface area contributed by atoms with E-state index in [2.05, 4.69) is 20.8 Å². The van der Waals surface area contributed by atoms with Crippen LogP contribution in [0.1, 0.15) is 117 Å². The number of unbranched alkanes of at least 4 members (excludes halogenated alkanes) is 1. The molecule has 0 aromatic carbocycles. The molecule has 3 fully saturated rings. The first-order valence-corrected chi connectivity index (χ1v) is 17.8. The zero-order valence-corrected chi connectivity index (χ0v) is 27.5. The molecule has 4 unspecified atom stereocenters. The van der Waals surface area contributed by atoms with Crippen LogP contribution in [-0.4, -0.2) is 64.1 Å². The molecule has 0 heterocycles. The van der Waals surface area contributed by atoms with Crippen LogP contribution < -0.4 is 17.2 Å². The van der Waals surface area contributed by atoms with Gasteiger partial charge in [0.1, 0.15) is 6.29 Å². The van der Waals surface area contributed by atoms with Crippen LogP contribution in [0.15, 0.2) is 0 Å². The third-order valence-electron chi connectivity index (χ3n) is 11.6. The van der Waals surface area contributed by atoms with Crippen LogP contribution in [0.2, 0.25) is 0 Å². The van der Waals surface area contributed by atoms with Crippen molar-refractivity contribution < 1.29 is 19.0 Å². The van der Waals surface area contributed by atoms with E-state index >= 15 is 0 Å². The lowest BCUT2D eigenvalue weighted by Gasteiger charge is -2.56. The van der Waals surface area contributed by atoms with Crippen LogP contribution in [0, 0.1) is 40.9 Å². The van der Waals surface area contributed by atoms with Crippen molar-refractivity contribution in [3.8, 4) is 0 Å². The van der Waals surface area contributed by atoms with Crippen molar-refractivity contribution in [3.05, 3.63) is 0 Å². The summed E-state index contributed by atoms with van der Waals surface area (Å²) in [7, 11) is 0. The van der Waals surface area contributed by atoms with Crippen LogP contribution in [0.3, 0.4) is 0 Å². The quantitative estimate of drug-likeness (QED) is 0.113. The lowest BCUT2D eigenvalue weighted by atomic mass is 9.53. The minimum absolute atomic E-state index is 0.113. The number of ether oxygens (including phenoxy) is 3. The maximum Gasteiger partial charge on any atom is 0.119 e. The highest BCUT2D eigenvalue weighted by Crippen LogP contribution is 2.63. The zero-order chi connectivity index (χ0) is 30.4. The molecule has 246 valence electrons. The van der Waals surface area contributed by atoms with Gasteiger partial charge in [0.2, 0.25) is 0 Å². The van der Waals surface area contributed by atoms with E-state index in [0.29, 0.717) is 67.7 Å². The lowest BCUT2D eigenvalue weighted by Crippen LogP contribution is -2.56. The van der Waals surface area contributed by atoms with Gasteiger partial charge in [0.05, 0.1) is 18.3 Å². The number of hydrogen-bond acceptors (Lipinski definition) is 7. The van der Waals surface area contributed by atoms with Gasteiger partial charge in [0.15, 0.2) is 0 Å². The van der Waals surface area contributed by atoms with Crippen LogP contribution in [-0.2, 0) is 19.0 Å². The fourth-order valence-corrected chi connectivity index (χ4v) is 9.46. The van der Waals surface area contributed by atoms with E-state index in [1.54, 1.807) is 0 Å². The summed E-state index contributed by atoms with van der Waals surface area (Å²) in [6, 6.07) is 0. The van der Waals surface area contributed by atoms with Gasteiger partial charge < -0.3 is 36.2 Å². The summed E-state index contributed by atoms with van der Waals surface area (Å²) in [4.78, 5) is 11.1. The molecule has 0 saturated heterocycles. The zero-order valence-electron chi connectivity index (χ0n) is 27.5. The van der Waals surface area contributed by atoms with E-state index in [1.165, 1.54) is 38.5 Å². The van der Waals surface area contributed by atoms with Gasteiger partial charge in [0, 0.05) is 31.7 Å². The van der Waals surface area contributed by atoms with Crippen molar-refractivity contribution in [2.45, 2.75) is 135 Å². The molecular formula is C35H67N3O4. The van der Waals surface area contributed by atoms with Gasteiger partial charge in [-0.3, -0.25) is 0 Å². The molecular weight excluding hydrogens is 526 g/mol. The predicted octanol–water partition coefficient (Wildman–Crippen LogP) is 5.85. The second-order valence-corrected chi connectivity index (χ2v) is 14.2. The first kappa shape index (κ1) is 35.9. The highest BCUT2D eigenvalue weighted by Gasteiger charge is 2.61. The molecule has 7 heteroatoms. The van der Waals surface area contributed by atoms with E-state index < -0.39 is 0 Å². The smallest absolute Gasteiger partial charge is 0.119 e. The normalized spacial score (nSPS) is 34.7. The van der Waals surface area contributed by atoms with Gasteiger partial charge in [-0.2, -0.15) is 0 Å². The highest BCUT2D eigenvalue weighted by atomic mass is 16.5. The number of hydrogen-bond donors (Lipinski definition) is 3. The van der Waals surface area contributed by atoms with Gasteiger partial charge in [0.25, 0.3) is 0 Å². The molecule has 7 nitrogen and oxygen atoms in total. The summed E-state index contributed by atoms with van der Waals surface area (Å²) in [6.07, 6.45) is 18.3. The average Bonchev–Trinajstić information content (AvgIpc) is 3.35. The van der Waals surface area contributed by atoms with Crippen molar-refractivity contribution >= 4 is 6.29 Å². The first-order chi connectivity index (χ1) is 20.4. The summed E-state index contributed by atoms with van der Waals surface area (Å²) in [5.74, 6) is 3.56. The van der Waals surface area contributed by atoms with Crippen LogP contribution in [0.4, 0.5) is 0 Å². The molecule has 0 radical (unpaired) electrons. The maximum atomic E-state index is 11.1. The van der Waals surface area contributed by atoms with Gasteiger partial charge in [-0.05, 0) is 119 Å². The Morgan fingerprint density at radius 3 is 2.31 bits per heavy atom. The van der Waals surface area contributed by atoms with Gasteiger partial charge in [-0.15, -0.1) is 0 Å². The third-order valence-corrected chi connectivity index (χ3v) is 11.6. The van der Waals surface area contributed by atoms with E-state index in [1.807, 2.05) is 0 Å². The topological polar surface area (TPSA) is 123 Å². The summed E-state index contributed by atoms with van der Waals surface area (Å²) in [5, 5.41) is 0. The van der Waals surface area contributed by atoms with Crippen LogP contribution in [0.5, 0.6) is 0 Å². The standard InChI is InChI=1S/C35H67N3O4/c1-4-28-25-33(42-22-10-18-38)35(3)30(26(2)11-5-6-19-39)14-15-31(35)34(28)32(41-21-9-17-37)24-27-12-7-13-29(23-27)40-20-8-16-36/h19,26-34H,4-18,20-25,36-38H2,1-3H3/t26?,27?,28-,29+,30?,31-,32+,33-,34?,35+/m0/s1. The molecule has 6 N–H and O–H groups in total. The van der Waals surface area contributed by atoms with Crippen molar-refractivity contribution in [1.29, 1.82) is 0 Å². The van der Waals surface area contributed by atoms with Crippen molar-refractivity contribution in [2.24, 2.45) is 58.1 Å². The molecule has 3 rings (SSSR count). The molecule has 3 saturated carbocycles. The van der Waals surface area contributed by atoms with Gasteiger partial charge in [-0.25, -0.2) is 0 Å². The monoisotopic (exact) mass is 594 g/mol. The molecule has 3 aliphatic carbocycles. The highest BCUT2D eigenvalue weighted by molar-refractivity contribution is 5.48. The summed E-state index contributed by atoms with van der Waals surface area (Å²) in [6.45, 7) is 11.7. The SMILES string of the molecule is CC[C@H]1C[C@H](OCCCN)[C@]2(C)C(C(C)CCCC=O)CC[C@H]2C1[C@@H](CC1CCC[C@@H](OCCCN)C1)OCCCN. The Balaban J connectivity index is 1.86. The fraction of sp³-hybridized carbons (Fsp3) is 0.971. The third kappa shape index (κ3) is 9.47. The van der Waals surface area contributed by atoms with E-state index in [4.69, 9.17) is 31.4 Å². The van der Waals surface area contributed by atoms with E-state index in [9.17, 15) is 4.79 Å². The Kier molecular flexibility index (Phi) is 16.3. The Morgan fingerprint density at radius 2 is 1.62 bits per heavy atom. The molecule has 0 aliphatic heterocycles. The Morgan fingerprint density at radius 1 is 0.905 bits per heavy atom.